The minimum Gasteiger partial charge on any atom is -0.458 e. The summed E-state index contributed by atoms with van der Waals surface area (Å²) in [6.45, 7) is 19.6. The average molecular weight is 319 g/mol. The van der Waals surface area contributed by atoms with Crippen molar-refractivity contribution >= 4 is 14.3 Å². The third-order valence-electron chi connectivity index (χ3n) is 3.86. The summed E-state index contributed by atoms with van der Waals surface area (Å²) in [5.74, 6) is -0.555. The zero-order valence-corrected chi connectivity index (χ0v) is 16.4. The number of hydrogen-bond donors (Lipinski definition) is 1. The van der Waals surface area contributed by atoms with Crippen LogP contribution in [-0.2, 0) is 14.0 Å². The molecule has 0 saturated carbocycles. The summed E-state index contributed by atoms with van der Waals surface area (Å²) < 4.78 is 11.6. The van der Waals surface area contributed by atoms with Crippen LogP contribution in [0.15, 0.2) is 0 Å². The maximum absolute atomic E-state index is 12.4. The molecule has 0 aromatic carbocycles. The molecule has 0 aliphatic carbocycles. The van der Waals surface area contributed by atoms with Crippen LogP contribution in [0.3, 0.4) is 0 Å². The lowest BCUT2D eigenvalue weighted by molar-refractivity contribution is -0.171. The van der Waals surface area contributed by atoms with Gasteiger partial charge >= 0.3 is 5.97 Å². The number of aliphatic hydroxyl groups is 1. The van der Waals surface area contributed by atoms with E-state index in [-0.39, 0.29) is 11.0 Å². The molecule has 0 aromatic heterocycles. The van der Waals surface area contributed by atoms with E-state index in [1.54, 1.807) is 0 Å². The third kappa shape index (κ3) is 6.49. The largest absolute Gasteiger partial charge is 0.458 e. The zero-order chi connectivity index (χ0) is 17.2. The van der Waals surface area contributed by atoms with E-state index in [1.807, 2.05) is 34.6 Å². The van der Waals surface area contributed by atoms with Gasteiger partial charge in [0.05, 0.1) is 6.10 Å². The number of aliphatic hydroxyl groups excluding tert-OH is 1. The van der Waals surface area contributed by atoms with Gasteiger partial charge in [-0.1, -0.05) is 34.6 Å². The van der Waals surface area contributed by atoms with Crippen molar-refractivity contribution in [1.29, 1.82) is 0 Å². The molecule has 2 atom stereocenters. The van der Waals surface area contributed by atoms with Crippen LogP contribution in [0.4, 0.5) is 0 Å². The van der Waals surface area contributed by atoms with Crippen molar-refractivity contribution in [2.24, 2.45) is 5.92 Å². The fourth-order valence-corrected chi connectivity index (χ4v) is 2.68. The highest BCUT2D eigenvalue weighted by molar-refractivity contribution is 6.74. The van der Waals surface area contributed by atoms with Crippen molar-refractivity contribution < 1.29 is 19.1 Å². The lowest BCUT2D eigenvalue weighted by atomic mass is 10.0. The summed E-state index contributed by atoms with van der Waals surface area (Å²) in [6.07, 6.45) is -1.79. The van der Waals surface area contributed by atoms with Crippen LogP contribution in [0.1, 0.15) is 55.4 Å². The first-order chi connectivity index (χ1) is 9.08. The standard InChI is InChI=1S/C16H34O4Si/c1-11(2)12(17)13(14(18)19-15(3,4)5)20-21(9,10)16(6,7)8/h11-13,17H,1-10H3/t12-,13-/m1/s1. The van der Waals surface area contributed by atoms with Crippen molar-refractivity contribution in [2.45, 2.75) is 91.3 Å². The van der Waals surface area contributed by atoms with Crippen LogP contribution in [0, 0.1) is 5.92 Å². The second-order valence-corrected chi connectivity index (χ2v) is 13.3. The molecule has 4 nitrogen and oxygen atoms in total. The van der Waals surface area contributed by atoms with Crippen molar-refractivity contribution in [3.63, 3.8) is 0 Å². The third-order valence-corrected chi connectivity index (χ3v) is 8.32. The summed E-state index contributed by atoms with van der Waals surface area (Å²) in [6, 6.07) is 0. The summed E-state index contributed by atoms with van der Waals surface area (Å²) >= 11 is 0. The molecule has 126 valence electrons. The molecule has 0 rings (SSSR count). The van der Waals surface area contributed by atoms with Gasteiger partial charge in [0.2, 0.25) is 0 Å². The highest BCUT2D eigenvalue weighted by atomic mass is 28.4. The molecule has 1 N–H and O–H groups in total. The van der Waals surface area contributed by atoms with Crippen LogP contribution in [-0.4, -0.2) is 37.2 Å². The van der Waals surface area contributed by atoms with Crippen LogP contribution in [0.25, 0.3) is 0 Å². The van der Waals surface area contributed by atoms with Gasteiger partial charge in [-0.2, -0.15) is 0 Å². The molecule has 0 aromatic rings. The van der Waals surface area contributed by atoms with Gasteiger partial charge in [0, 0.05) is 0 Å². The van der Waals surface area contributed by atoms with Gasteiger partial charge in [0.25, 0.3) is 0 Å². The Kier molecular flexibility index (Phi) is 6.67. The average Bonchev–Trinajstić information content (AvgIpc) is 2.20. The molecule has 0 spiro atoms. The number of esters is 1. The summed E-state index contributed by atoms with van der Waals surface area (Å²) in [5.41, 5.74) is -0.594. The molecule has 5 heteroatoms. The Morgan fingerprint density at radius 3 is 1.76 bits per heavy atom. The quantitative estimate of drug-likeness (QED) is 0.620. The topological polar surface area (TPSA) is 55.8 Å². The maximum atomic E-state index is 12.4. The van der Waals surface area contributed by atoms with Crippen molar-refractivity contribution in [3.05, 3.63) is 0 Å². The molecule has 0 aliphatic rings. The van der Waals surface area contributed by atoms with Crippen molar-refractivity contribution in [3.8, 4) is 0 Å². The van der Waals surface area contributed by atoms with E-state index in [2.05, 4.69) is 33.9 Å². The minimum atomic E-state index is -2.18. The first-order valence-corrected chi connectivity index (χ1v) is 10.6. The summed E-state index contributed by atoms with van der Waals surface area (Å²) in [5, 5.41) is 10.3. The van der Waals surface area contributed by atoms with Gasteiger partial charge in [-0.15, -0.1) is 0 Å². The Bertz CT molecular complexity index is 350. The Balaban J connectivity index is 5.32. The normalized spacial score (nSPS) is 16.8. The monoisotopic (exact) mass is 318 g/mol. The van der Waals surface area contributed by atoms with Gasteiger partial charge in [-0.25, -0.2) is 4.79 Å². The number of carbonyl (C=O) groups excluding carboxylic acids is 1. The highest BCUT2D eigenvalue weighted by Gasteiger charge is 2.44. The van der Waals surface area contributed by atoms with Crippen molar-refractivity contribution in [2.75, 3.05) is 0 Å². The Labute approximate surface area is 131 Å². The molecule has 0 bridgehead atoms. The fraction of sp³-hybridized carbons (Fsp3) is 0.938. The maximum Gasteiger partial charge on any atom is 0.337 e. The minimum absolute atomic E-state index is 0.0377. The van der Waals surface area contributed by atoms with E-state index < -0.39 is 32.1 Å². The van der Waals surface area contributed by atoms with Crippen LogP contribution >= 0.6 is 0 Å². The second kappa shape index (κ2) is 6.80. The SMILES string of the molecule is CC(C)[C@@H](O)[C@@H](O[Si](C)(C)C(C)(C)C)C(=O)OC(C)(C)C. The first kappa shape index (κ1) is 20.6. The number of rotatable bonds is 5. The Morgan fingerprint density at radius 2 is 1.48 bits per heavy atom. The van der Waals surface area contributed by atoms with E-state index in [9.17, 15) is 9.90 Å². The summed E-state index contributed by atoms with van der Waals surface area (Å²) in [4.78, 5) is 12.4. The predicted octanol–water partition coefficient (Wildman–Crippen LogP) is 3.74. The molecule has 0 aliphatic heterocycles. The molecule has 0 saturated heterocycles. The zero-order valence-electron chi connectivity index (χ0n) is 15.4. The van der Waals surface area contributed by atoms with Gasteiger partial charge in [-0.3, -0.25) is 0 Å². The van der Waals surface area contributed by atoms with E-state index in [4.69, 9.17) is 9.16 Å². The number of hydrogen-bond acceptors (Lipinski definition) is 4. The van der Waals surface area contributed by atoms with Gasteiger partial charge in [-0.05, 0) is 44.8 Å². The van der Waals surface area contributed by atoms with E-state index >= 15 is 0 Å². The molecule has 0 radical (unpaired) electrons. The molecular weight excluding hydrogens is 284 g/mol. The Hall–Kier alpha value is -0.393. The molecule has 0 unspecified atom stereocenters. The summed E-state index contributed by atoms with van der Waals surface area (Å²) in [7, 11) is -2.18. The first-order valence-electron chi connectivity index (χ1n) is 7.67. The molecular formula is C16H34O4Si. The van der Waals surface area contributed by atoms with Crippen LogP contribution < -0.4 is 0 Å². The van der Waals surface area contributed by atoms with Gasteiger partial charge < -0.3 is 14.3 Å². The van der Waals surface area contributed by atoms with E-state index in [1.165, 1.54) is 0 Å². The number of ether oxygens (including phenoxy) is 1. The smallest absolute Gasteiger partial charge is 0.337 e. The second-order valence-electron chi connectivity index (χ2n) is 8.57. The van der Waals surface area contributed by atoms with E-state index in [0.29, 0.717) is 0 Å². The van der Waals surface area contributed by atoms with Gasteiger partial charge in [0.1, 0.15) is 5.60 Å². The van der Waals surface area contributed by atoms with E-state index in [0.717, 1.165) is 0 Å². The molecule has 21 heavy (non-hydrogen) atoms. The Morgan fingerprint density at radius 1 is 1.05 bits per heavy atom. The molecule has 0 fully saturated rings. The van der Waals surface area contributed by atoms with Crippen LogP contribution in [0.2, 0.25) is 18.1 Å². The van der Waals surface area contributed by atoms with Crippen LogP contribution in [0.5, 0.6) is 0 Å². The van der Waals surface area contributed by atoms with Gasteiger partial charge in [0.15, 0.2) is 14.4 Å². The fourth-order valence-electron chi connectivity index (χ4n) is 1.46. The predicted molar refractivity (Wildman–Crippen MR) is 88.8 cm³/mol. The molecule has 0 heterocycles. The highest BCUT2D eigenvalue weighted by Crippen LogP contribution is 2.38. The molecule has 0 amide bonds. The van der Waals surface area contributed by atoms with Crippen molar-refractivity contribution in [1.82, 2.24) is 0 Å². The number of carbonyl (C=O) groups is 1. The lowest BCUT2D eigenvalue weighted by Crippen LogP contribution is -2.52. The lowest BCUT2D eigenvalue weighted by Gasteiger charge is -2.40.